The molecular weight excluding hydrogens is 579 g/mol. The highest BCUT2D eigenvalue weighted by Crippen LogP contribution is 2.29. The molecule has 3 aromatic carbocycles. The zero-order chi connectivity index (χ0) is 32.4. The molecule has 0 spiro atoms. The molecule has 4 rings (SSSR count). The molecule has 0 fully saturated rings. The van der Waals surface area contributed by atoms with Crippen molar-refractivity contribution in [3.8, 4) is 39.7 Å². The van der Waals surface area contributed by atoms with Crippen molar-refractivity contribution >= 4 is 5.97 Å². The summed E-state index contributed by atoms with van der Waals surface area (Å²) in [5.41, 5.74) is 3.62. The lowest BCUT2D eigenvalue weighted by atomic mass is 10.0. The van der Waals surface area contributed by atoms with E-state index in [0.29, 0.717) is 36.2 Å². The number of unbranched alkanes of at least 4 members (excludes halogenated alkanes) is 12. The summed E-state index contributed by atoms with van der Waals surface area (Å²) in [5.74, 6) is 0.407. The summed E-state index contributed by atoms with van der Waals surface area (Å²) in [6.45, 7) is 5.40. The van der Waals surface area contributed by atoms with Crippen molar-refractivity contribution in [2.24, 2.45) is 0 Å². The van der Waals surface area contributed by atoms with E-state index in [4.69, 9.17) is 14.0 Å². The quantitative estimate of drug-likeness (QED) is 0.0675. The largest absolute Gasteiger partial charge is 0.491 e. The number of hydrogen-bond donors (Lipinski definition) is 0. The van der Waals surface area contributed by atoms with Crippen LogP contribution in [0.2, 0.25) is 0 Å². The predicted molar refractivity (Wildman–Crippen MR) is 182 cm³/mol. The molecule has 0 saturated heterocycles. The molecule has 4 aromatic rings. The summed E-state index contributed by atoms with van der Waals surface area (Å²) in [6, 6.07) is 19.7. The van der Waals surface area contributed by atoms with Gasteiger partial charge >= 0.3 is 5.97 Å². The van der Waals surface area contributed by atoms with E-state index in [1.165, 1.54) is 70.3 Å². The van der Waals surface area contributed by atoms with E-state index in [2.05, 4.69) is 24.0 Å². The molecule has 1 aromatic heterocycles. The first-order chi connectivity index (χ1) is 22.6. The van der Waals surface area contributed by atoms with Gasteiger partial charge in [-0.1, -0.05) is 126 Å². The lowest BCUT2D eigenvalue weighted by Crippen LogP contribution is -2.06. The maximum Gasteiger partial charge on any atom is 0.338 e. The maximum atomic E-state index is 14.8. The summed E-state index contributed by atoms with van der Waals surface area (Å²) in [5, 5.41) is 4.12. The first-order valence-corrected chi connectivity index (χ1v) is 17.2. The molecule has 0 N–H and O–H groups in total. The first kappa shape index (κ1) is 34.9. The Balaban J connectivity index is 1.24. The average Bonchev–Trinajstić information content (AvgIpc) is 3.58. The molecule has 46 heavy (non-hydrogen) atoms. The Bertz CT molecular complexity index is 1450. The van der Waals surface area contributed by atoms with E-state index < -0.39 is 0 Å². The highest BCUT2D eigenvalue weighted by atomic mass is 19.1. The van der Waals surface area contributed by atoms with Crippen LogP contribution in [0.3, 0.4) is 0 Å². The number of aromatic nitrogens is 2. The summed E-state index contributed by atoms with van der Waals surface area (Å²) >= 11 is 0. The molecule has 246 valence electrons. The third-order valence-corrected chi connectivity index (χ3v) is 8.19. The molecule has 0 amide bonds. The van der Waals surface area contributed by atoms with Crippen LogP contribution in [0, 0.1) is 5.82 Å². The van der Waals surface area contributed by atoms with Gasteiger partial charge < -0.3 is 14.0 Å². The molecule has 0 unspecified atom stereocenters. The Labute approximate surface area is 273 Å². The molecule has 0 saturated carbocycles. The number of nitrogens with zero attached hydrogens (tertiary/aromatic N) is 2. The second kappa shape index (κ2) is 19.5. The van der Waals surface area contributed by atoms with E-state index in [1.807, 2.05) is 30.3 Å². The molecule has 0 aliphatic heterocycles. The smallest absolute Gasteiger partial charge is 0.338 e. The van der Waals surface area contributed by atoms with Gasteiger partial charge in [-0.15, -0.1) is 0 Å². The molecule has 0 bridgehead atoms. The lowest BCUT2D eigenvalue weighted by Gasteiger charge is -2.09. The van der Waals surface area contributed by atoms with Crippen molar-refractivity contribution < 1.29 is 23.2 Å². The van der Waals surface area contributed by atoms with Crippen molar-refractivity contribution in [1.29, 1.82) is 0 Å². The van der Waals surface area contributed by atoms with Crippen molar-refractivity contribution in [3.05, 3.63) is 78.1 Å². The van der Waals surface area contributed by atoms with Crippen LogP contribution in [0.4, 0.5) is 4.39 Å². The highest BCUT2D eigenvalue weighted by Gasteiger charge is 2.14. The minimum absolute atomic E-state index is 0.291. The molecule has 0 radical (unpaired) electrons. The number of esters is 1. The van der Waals surface area contributed by atoms with Gasteiger partial charge in [0.25, 0.3) is 5.89 Å². The number of benzene rings is 3. The Kier molecular flexibility index (Phi) is 14.8. The monoisotopic (exact) mass is 628 g/mol. The topological polar surface area (TPSA) is 74.5 Å². The number of carbonyl (C=O) groups excluding carboxylic acids is 1. The molecule has 0 atom stereocenters. The second-order valence-electron chi connectivity index (χ2n) is 12.0. The van der Waals surface area contributed by atoms with Crippen LogP contribution in [0.25, 0.3) is 34.0 Å². The van der Waals surface area contributed by atoms with Crippen LogP contribution in [-0.2, 0) is 4.74 Å². The van der Waals surface area contributed by atoms with Gasteiger partial charge in [0, 0.05) is 11.1 Å². The summed E-state index contributed by atoms with van der Waals surface area (Å²) in [4.78, 5) is 16.9. The van der Waals surface area contributed by atoms with Crippen LogP contribution in [0.5, 0.6) is 5.75 Å². The van der Waals surface area contributed by atoms with Gasteiger partial charge in [-0.05, 0) is 60.4 Å². The van der Waals surface area contributed by atoms with Crippen molar-refractivity contribution in [3.63, 3.8) is 0 Å². The SMILES string of the molecule is CCCCCCCCCCOc1ccc(-c2ccc(-c3nc(-c4ccc(C(=O)OCCCCCCCC)cc4)no3)cc2)cc1F. The highest BCUT2D eigenvalue weighted by molar-refractivity contribution is 5.89. The molecule has 7 heteroatoms. The Morgan fingerprint density at radius 1 is 0.652 bits per heavy atom. The van der Waals surface area contributed by atoms with Crippen molar-refractivity contribution in [2.45, 2.75) is 104 Å². The average molecular weight is 629 g/mol. The minimum Gasteiger partial charge on any atom is -0.491 e. The van der Waals surface area contributed by atoms with E-state index in [1.54, 1.807) is 30.3 Å². The fourth-order valence-corrected chi connectivity index (χ4v) is 5.36. The number of ether oxygens (including phenoxy) is 2. The molecule has 1 heterocycles. The van der Waals surface area contributed by atoms with E-state index in [0.717, 1.165) is 47.9 Å². The maximum absolute atomic E-state index is 14.8. The number of rotatable bonds is 21. The second-order valence-corrected chi connectivity index (χ2v) is 12.0. The summed E-state index contributed by atoms with van der Waals surface area (Å²) in [7, 11) is 0. The summed E-state index contributed by atoms with van der Waals surface area (Å²) < 4.78 is 31.4. The molecule has 6 nitrogen and oxygen atoms in total. The third-order valence-electron chi connectivity index (χ3n) is 8.19. The summed E-state index contributed by atoms with van der Waals surface area (Å²) in [6.07, 6.45) is 16.6. The van der Waals surface area contributed by atoms with Gasteiger partial charge in [-0.25, -0.2) is 9.18 Å². The zero-order valence-electron chi connectivity index (χ0n) is 27.6. The third kappa shape index (κ3) is 11.1. The Morgan fingerprint density at radius 3 is 1.83 bits per heavy atom. The van der Waals surface area contributed by atoms with E-state index >= 15 is 0 Å². The van der Waals surface area contributed by atoms with Gasteiger partial charge in [0.1, 0.15) is 0 Å². The minimum atomic E-state index is -0.361. The van der Waals surface area contributed by atoms with Crippen LogP contribution in [-0.4, -0.2) is 29.3 Å². The molecular formula is C39H49FN2O4. The normalized spacial score (nSPS) is 11.1. The lowest BCUT2D eigenvalue weighted by molar-refractivity contribution is 0.0497. The number of carbonyl (C=O) groups is 1. The Morgan fingerprint density at radius 2 is 1.20 bits per heavy atom. The fourth-order valence-electron chi connectivity index (χ4n) is 5.36. The van der Waals surface area contributed by atoms with Gasteiger partial charge in [-0.3, -0.25) is 0 Å². The van der Waals surface area contributed by atoms with Crippen LogP contribution >= 0.6 is 0 Å². The van der Waals surface area contributed by atoms with Gasteiger partial charge in [-0.2, -0.15) is 4.98 Å². The van der Waals surface area contributed by atoms with Gasteiger partial charge in [0.05, 0.1) is 18.8 Å². The van der Waals surface area contributed by atoms with Crippen LogP contribution in [0.1, 0.15) is 114 Å². The van der Waals surface area contributed by atoms with E-state index in [-0.39, 0.29) is 11.8 Å². The zero-order valence-corrected chi connectivity index (χ0v) is 27.6. The predicted octanol–water partition coefficient (Wildman–Crippen LogP) is 11.2. The fraction of sp³-hybridized carbons (Fsp3) is 0.462. The standard InChI is InChI=1S/C39H49FN2O4/c1-3-5-7-9-11-12-14-15-27-44-36-26-25-34(29-35(36)40)30-17-21-32(22-18-30)38-41-37(42-46-38)31-19-23-33(24-20-31)39(43)45-28-16-13-10-8-6-4-2/h17-26,29H,3-16,27-28H2,1-2H3. The molecule has 0 aliphatic rings. The van der Waals surface area contributed by atoms with Crippen LogP contribution in [0.15, 0.2) is 71.3 Å². The first-order valence-electron chi connectivity index (χ1n) is 17.2. The van der Waals surface area contributed by atoms with Crippen molar-refractivity contribution in [1.82, 2.24) is 10.1 Å². The van der Waals surface area contributed by atoms with Crippen LogP contribution < -0.4 is 4.74 Å². The van der Waals surface area contributed by atoms with Gasteiger partial charge in [0.15, 0.2) is 11.6 Å². The number of hydrogen-bond acceptors (Lipinski definition) is 6. The van der Waals surface area contributed by atoms with Gasteiger partial charge in [0.2, 0.25) is 5.82 Å². The van der Waals surface area contributed by atoms with Crippen molar-refractivity contribution in [2.75, 3.05) is 13.2 Å². The molecule has 0 aliphatic carbocycles. The number of halogens is 1. The Hall–Kier alpha value is -4.00. The van der Waals surface area contributed by atoms with E-state index in [9.17, 15) is 9.18 Å².